The molecule has 1 unspecified atom stereocenters. The zero-order chi connectivity index (χ0) is 24.2. The van der Waals surface area contributed by atoms with Crippen LogP contribution in [0.1, 0.15) is 34.1 Å². The number of alkyl halides is 2. The number of hydrogen-bond donors (Lipinski definition) is 4. The minimum absolute atomic E-state index is 0.0472. The number of H-pyrrole nitrogens is 1. The van der Waals surface area contributed by atoms with E-state index in [1.165, 1.54) is 0 Å². The van der Waals surface area contributed by atoms with Crippen molar-refractivity contribution in [1.82, 2.24) is 20.5 Å². The van der Waals surface area contributed by atoms with Gasteiger partial charge >= 0.3 is 12.1 Å². The number of carboxylic acid groups (broad SMARTS) is 1. The van der Waals surface area contributed by atoms with Gasteiger partial charge in [0.25, 0.3) is 11.9 Å². The van der Waals surface area contributed by atoms with Gasteiger partial charge in [0.15, 0.2) is 0 Å². The molecule has 0 bridgehead atoms. The quantitative estimate of drug-likeness (QED) is 0.395. The third-order valence-electron chi connectivity index (χ3n) is 5.28. The standard InChI is InChI=1S/C22H19F2N5O5/c23-17(24)9-16(20(31)32)25-19(30)18-26-21(29-28-18)27-22(33)34-10-15-13-7-3-1-5-11(13)12-6-2-4-8-14(12)15/h1-8,15-17H,9-10H2,(H,25,30)(H,31,32)(H2,26,27,28,29,33). The summed E-state index contributed by atoms with van der Waals surface area (Å²) in [5.41, 5.74) is 4.21. The van der Waals surface area contributed by atoms with Crippen LogP contribution < -0.4 is 10.6 Å². The molecule has 176 valence electrons. The molecule has 3 aromatic rings. The van der Waals surface area contributed by atoms with Gasteiger partial charge in [0, 0.05) is 12.3 Å². The number of halogens is 2. The maximum Gasteiger partial charge on any atom is 0.414 e. The Hall–Kier alpha value is -4.35. The Labute approximate surface area is 191 Å². The molecule has 0 saturated carbocycles. The Morgan fingerprint density at radius 2 is 1.68 bits per heavy atom. The van der Waals surface area contributed by atoms with Crippen LogP contribution in [0.3, 0.4) is 0 Å². The fraction of sp³-hybridized carbons (Fsp3) is 0.227. The third kappa shape index (κ3) is 4.85. The first-order valence-corrected chi connectivity index (χ1v) is 10.2. The van der Waals surface area contributed by atoms with Crippen LogP contribution in [0.4, 0.5) is 19.5 Å². The second-order valence-electron chi connectivity index (χ2n) is 7.45. The Kier molecular flexibility index (Phi) is 6.48. The molecule has 1 aliphatic rings. The van der Waals surface area contributed by atoms with E-state index < -0.39 is 42.7 Å². The van der Waals surface area contributed by atoms with Crippen molar-refractivity contribution in [2.45, 2.75) is 24.8 Å². The highest BCUT2D eigenvalue weighted by Crippen LogP contribution is 2.44. The topological polar surface area (TPSA) is 146 Å². The average molecular weight is 471 g/mol. The SMILES string of the molecule is O=C(Nc1n[nH]c(C(=O)NC(CC(F)F)C(=O)O)n1)OCC1c2ccccc2-c2ccccc21. The van der Waals surface area contributed by atoms with Gasteiger partial charge in [-0.3, -0.25) is 15.2 Å². The van der Waals surface area contributed by atoms with E-state index in [0.717, 1.165) is 22.3 Å². The minimum Gasteiger partial charge on any atom is -0.480 e. The number of anilines is 1. The van der Waals surface area contributed by atoms with Crippen molar-refractivity contribution in [2.24, 2.45) is 0 Å². The summed E-state index contributed by atoms with van der Waals surface area (Å²) in [4.78, 5) is 39.1. The number of hydrogen-bond acceptors (Lipinski definition) is 6. The number of nitrogens with zero attached hydrogens (tertiary/aromatic N) is 2. The van der Waals surface area contributed by atoms with Crippen LogP contribution in [0, 0.1) is 0 Å². The Morgan fingerprint density at radius 1 is 1.06 bits per heavy atom. The summed E-state index contributed by atoms with van der Waals surface area (Å²) in [6.07, 6.45) is -4.86. The van der Waals surface area contributed by atoms with Crippen molar-refractivity contribution >= 4 is 23.9 Å². The van der Waals surface area contributed by atoms with Crippen molar-refractivity contribution in [1.29, 1.82) is 0 Å². The summed E-state index contributed by atoms with van der Waals surface area (Å²) in [5, 5.41) is 19.0. The fourth-order valence-electron chi connectivity index (χ4n) is 3.77. The third-order valence-corrected chi connectivity index (χ3v) is 5.28. The molecule has 12 heteroatoms. The van der Waals surface area contributed by atoms with E-state index in [4.69, 9.17) is 9.84 Å². The predicted molar refractivity (Wildman–Crippen MR) is 115 cm³/mol. The summed E-state index contributed by atoms with van der Waals surface area (Å²) in [6, 6.07) is 13.8. The Balaban J connectivity index is 1.36. The van der Waals surface area contributed by atoms with E-state index in [1.54, 1.807) is 0 Å². The number of nitrogens with one attached hydrogen (secondary N) is 3. The van der Waals surface area contributed by atoms with E-state index in [-0.39, 0.29) is 18.5 Å². The number of aromatic nitrogens is 3. The molecule has 10 nitrogen and oxygen atoms in total. The van der Waals surface area contributed by atoms with Crippen molar-refractivity contribution in [3.8, 4) is 11.1 Å². The lowest BCUT2D eigenvalue weighted by molar-refractivity contribution is -0.140. The molecule has 2 aromatic carbocycles. The van der Waals surface area contributed by atoms with Gasteiger partial charge in [-0.25, -0.2) is 18.4 Å². The normalized spacial score (nSPS) is 13.1. The van der Waals surface area contributed by atoms with Crippen LogP contribution in [0.15, 0.2) is 48.5 Å². The summed E-state index contributed by atoms with van der Waals surface area (Å²) >= 11 is 0. The second kappa shape index (κ2) is 9.65. The van der Waals surface area contributed by atoms with Crippen molar-refractivity contribution in [3.63, 3.8) is 0 Å². The van der Waals surface area contributed by atoms with Crippen molar-refractivity contribution in [2.75, 3.05) is 11.9 Å². The van der Waals surface area contributed by atoms with Gasteiger partial charge in [0.05, 0.1) is 0 Å². The number of aromatic amines is 1. The van der Waals surface area contributed by atoms with Crippen LogP contribution in [0.2, 0.25) is 0 Å². The monoisotopic (exact) mass is 471 g/mol. The number of amides is 2. The molecule has 0 aliphatic heterocycles. The molecule has 0 saturated heterocycles. The maximum atomic E-state index is 12.5. The van der Waals surface area contributed by atoms with Gasteiger partial charge < -0.3 is 15.2 Å². The van der Waals surface area contributed by atoms with Crippen LogP contribution >= 0.6 is 0 Å². The Morgan fingerprint density at radius 3 is 2.26 bits per heavy atom. The molecule has 0 spiro atoms. The van der Waals surface area contributed by atoms with Gasteiger partial charge in [-0.05, 0) is 22.3 Å². The zero-order valence-corrected chi connectivity index (χ0v) is 17.5. The van der Waals surface area contributed by atoms with Gasteiger partial charge in [0.2, 0.25) is 12.2 Å². The lowest BCUT2D eigenvalue weighted by Crippen LogP contribution is -2.42. The highest BCUT2D eigenvalue weighted by molar-refractivity contribution is 5.94. The van der Waals surface area contributed by atoms with E-state index in [0.29, 0.717) is 0 Å². The van der Waals surface area contributed by atoms with Crippen molar-refractivity contribution < 1.29 is 33.0 Å². The smallest absolute Gasteiger partial charge is 0.414 e. The summed E-state index contributed by atoms with van der Waals surface area (Å²) in [7, 11) is 0. The summed E-state index contributed by atoms with van der Waals surface area (Å²) in [5.74, 6) is -3.61. The van der Waals surface area contributed by atoms with Gasteiger partial charge in [-0.1, -0.05) is 48.5 Å². The second-order valence-corrected chi connectivity index (χ2v) is 7.45. The fourth-order valence-corrected chi connectivity index (χ4v) is 3.77. The molecule has 1 aliphatic carbocycles. The van der Waals surface area contributed by atoms with Gasteiger partial charge in [-0.2, -0.15) is 4.98 Å². The number of carbonyl (C=O) groups excluding carboxylic acids is 2. The predicted octanol–water partition coefficient (Wildman–Crippen LogP) is 3.00. The molecule has 1 atom stereocenters. The van der Waals surface area contributed by atoms with E-state index in [2.05, 4.69) is 20.5 Å². The van der Waals surface area contributed by atoms with Crippen molar-refractivity contribution in [3.05, 3.63) is 65.5 Å². The minimum atomic E-state index is -2.93. The molecule has 1 heterocycles. The number of ether oxygens (including phenoxy) is 1. The average Bonchev–Trinajstić information content (AvgIpc) is 3.39. The molecule has 2 amide bonds. The van der Waals surface area contributed by atoms with E-state index in [1.807, 2.05) is 53.8 Å². The maximum absolute atomic E-state index is 12.5. The molecule has 0 radical (unpaired) electrons. The number of fused-ring (bicyclic) bond motifs is 3. The van der Waals surface area contributed by atoms with Crippen LogP contribution in [0.5, 0.6) is 0 Å². The first-order chi connectivity index (χ1) is 16.3. The summed E-state index contributed by atoms with van der Waals surface area (Å²) in [6.45, 7) is 0.0472. The van der Waals surface area contributed by atoms with Gasteiger partial charge in [-0.15, -0.1) is 5.10 Å². The van der Waals surface area contributed by atoms with Gasteiger partial charge in [0.1, 0.15) is 12.6 Å². The number of carboxylic acids is 1. The molecule has 4 rings (SSSR count). The number of aliphatic carboxylic acids is 1. The number of carbonyl (C=O) groups is 3. The van der Waals surface area contributed by atoms with E-state index >= 15 is 0 Å². The van der Waals surface area contributed by atoms with Crippen LogP contribution in [-0.4, -0.2) is 57.3 Å². The lowest BCUT2D eigenvalue weighted by Gasteiger charge is -2.14. The molecule has 34 heavy (non-hydrogen) atoms. The Bertz CT molecular complexity index is 1190. The highest BCUT2D eigenvalue weighted by Gasteiger charge is 2.29. The molecular formula is C22H19F2N5O5. The molecule has 4 N–H and O–H groups in total. The highest BCUT2D eigenvalue weighted by atomic mass is 19.3. The first kappa shape index (κ1) is 22.8. The first-order valence-electron chi connectivity index (χ1n) is 10.2. The van der Waals surface area contributed by atoms with Crippen LogP contribution in [-0.2, 0) is 9.53 Å². The number of benzene rings is 2. The summed E-state index contributed by atoms with van der Waals surface area (Å²) < 4.78 is 30.3. The zero-order valence-electron chi connectivity index (χ0n) is 17.5. The van der Waals surface area contributed by atoms with E-state index in [9.17, 15) is 23.2 Å². The molecule has 0 fully saturated rings. The number of rotatable bonds is 8. The van der Waals surface area contributed by atoms with Crippen LogP contribution in [0.25, 0.3) is 11.1 Å². The molecule has 1 aromatic heterocycles. The lowest BCUT2D eigenvalue weighted by atomic mass is 9.98. The molecular weight excluding hydrogens is 452 g/mol. The largest absolute Gasteiger partial charge is 0.480 e.